The summed E-state index contributed by atoms with van der Waals surface area (Å²) in [5, 5.41) is 20.7. The van der Waals surface area contributed by atoms with Gasteiger partial charge < -0.3 is 15.4 Å². The summed E-state index contributed by atoms with van der Waals surface area (Å²) in [6, 6.07) is -0.771. The van der Waals surface area contributed by atoms with E-state index >= 15 is 0 Å². The van der Waals surface area contributed by atoms with Crippen LogP contribution < -0.4 is 16.3 Å². The first kappa shape index (κ1) is 25.3. The van der Waals surface area contributed by atoms with Crippen molar-refractivity contribution in [3.05, 3.63) is 0 Å². The SMILES string of the molecule is CCCCC[C@H](CC(=O)NO)C(=O)N[C@@H](CC(C)C)C(=O)N1CCC[C@H]1CNO. The number of unbranched alkanes of at least 4 members (excludes halogenated alkanes) is 2. The second-order valence-corrected chi connectivity index (χ2v) is 8.31. The highest BCUT2D eigenvalue weighted by Gasteiger charge is 2.35. The third-order valence-electron chi connectivity index (χ3n) is 5.39. The van der Waals surface area contributed by atoms with Gasteiger partial charge in [-0.15, -0.1) is 0 Å². The lowest BCUT2D eigenvalue weighted by atomic mass is 9.95. The van der Waals surface area contributed by atoms with Crippen molar-refractivity contribution >= 4 is 17.7 Å². The highest BCUT2D eigenvalue weighted by Crippen LogP contribution is 2.21. The quantitative estimate of drug-likeness (QED) is 0.177. The normalized spacial score (nSPS) is 18.6. The molecule has 168 valence electrons. The molecule has 0 aromatic carbocycles. The Labute approximate surface area is 173 Å². The van der Waals surface area contributed by atoms with Gasteiger partial charge >= 0.3 is 0 Å². The smallest absolute Gasteiger partial charge is 0.245 e. The zero-order chi connectivity index (χ0) is 21.8. The van der Waals surface area contributed by atoms with Crippen molar-refractivity contribution in [3.8, 4) is 0 Å². The molecule has 0 aliphatic carbocycles. The summed E-state index contributed by atoms with van der Waals surface area (Å²) in [7, 11) is 0. The van der Waals surface area contributed by atoms with Gasteiger partial charge in [-0.1, -0.05) is 40.0 Å². The molecule has 1 heterocycles. The molecule has 0 spiro atoms. The van der Waals surface area contributed by atoms with Crippen LogP contribution in [-0.2, 0) is 14.4 Å². The lowest BCUT2D eigenvalue weighted by molar-refractivity contribution is -0.140. The Kier molecular flexibility index (Phi) is 11.8. The van der Waals surface area contributed by atoms with Crippen LogP contribution in [0.25, 0.3) is 0 Å². The van der Waals surface area contributed by atoms with Crippen molar-refractivity contribution < 1.29 is 24.8 Å². The van der Waals surface area contributed by atoms with E-state index in [4.69, 9.17) is 10.4 Å². The number of nitrogens with one attached hydrogen (secondary N) is 3. The van der Waals surface area contributed by atoms with E-state index in [2.05, 4.69) is 17.7 Å². The average molecular weight is 415 g/mol. The monoisotopic (exact) mass is 414 g/mol. The predicted octanol–water partition coefficient (Wildman–Crippen LogP) is 1.58. The molecule has 3 atom stereocenters. The van der Waals surface area contributed by atoms with E-state index in [-0.39, 0.29) is 30.2 Å². The Morgan fingerprint density at radius 1 is 1.17 bits per heavy atom. The number of amides is 3. The highest BCUT2D eigenvalue weighted by atomic mass is 16.5. The van der Waals surface area contributed by atoms with Gasteiger partial charge in [-0.25, -0.2) is 11.0 Å². The summed E-state index contributed by atoms with van der Waals surface area (Å²) in [6.45, 7) is 6.93. The maximum absolute atomic E-state index is 13.1. The molecule has 0 aromatic rings. The van der Waals surface area contributed by atoms with Gasteiger partial charge in [0.25, 0.3) is 0 Å². The molecule has 9 heteroatoms. The van der Waals surface area contributed by atoms with E-state index in [1.165, 1.54) is 0 Å². The van der Waals surface area contributed by atoms with E-state index in [9.17, 15) is 14.4 Å². The number of carbonyl (C=O) groups is 3. The zero-order valence-corrected chi connectivity index (χ0v) is 17.9. The van der Waals surface area contributed by atoms with E-state index in [0.717, 1.165) is 32.1 Å². The Hall–Kier alpha value is -1.71. The standard InChI is InChI=1S/C20H38N4O5/c1-4-5-6-8-15(12-18(25)23-29)19(26)22-17(11-14(2)3)20(27)24-10-7-9-16(24)13-21-28/h14-17,21,28-29H,4-13H2,1-3H3,(H,22,26)(H,23,25)/t15-,16+,17+/m1/s1. The van der Waals surface area contributed by atoms with Crippen molar-refractivity contribution in [2.75, 3.05) is 13.1 Å². The maximum atomic E-state index is 13.1. The van der Waals surface area contributed by atoms with Crippen LogP contribution in [0, 0.1) is 11.8 Å². The molecule has 5 N–H and O–H groups in total. The van der Waals surface area contributed by atoms with Crippen LogP contribution in [0.4, 0.5) is 0 Å². The van der Waals surface area contributed by atoms with Gasteiger partial charge in [0.05, 0.1) is 0 Å². The Morgan fingerprint density at radius 2 is 1.90 bits per heavy atom. The van der Waals surface area contributed by atoms with Gasteiger partial charge in [-0.2, -0.15) is 0 Å². The van der Waals surface area contributed by atoms with Crippen molar-refractivity contribution in [3.63, 3.8) is 0 Å². The average Bonchev–Trinajstić information content (AvgIpc) is 3.14. The Bertz CT molecular complexity index is 529. The first-order valence-electron chi connectivity index (χ1n) is 10.7. The summed E-state index contributed by atoms with van der Waals surface area (Å²) in [5.74, 6) is -1.49. The summed E-state index contributed by atoms with van der Waals surface area (Å²) >= 11 is 0. The summed E-state index contributed by atoms with van der Waals surface area (Å²) in [5.41, 5.74) is 3.73. The van der Waals surface area contributed by atoms with E-state index < -0.39 is 17.9 Å². The molecular formula is C20H38N4O5. The third-order valence-corrected chi connectivity index (χ3v) is 5.39. The Morgan fingerprint density at radius 3 is 2.48 bits per heavy atom. The molecule has 0 saturated carbocycles. The zero-order valence-electron chi connectivity index (χ0n) is 17.9. The van der Waals surface area contributed by atoms with Crippen LogP contribution in [-0.4, -0.2) is 58.2 Å². The van der Waals surface area contributed by atoms with E-state index in [1.54, 1.807) is 10.4 Å². The second kappa shape index (κ2) is 13.5. The minimum Gasteiger partial charge on any atom is -0.344 e. The van der Waals surface area contributed by atoms with Gasteiger partial charge in [0.2, 0.25) is 17.7 Å². The van der Waals surface area contributed by atoms with Crippen molar-refractivity contribution in [2.45, 2.75) is 84.2 Å². The van der Waals surface area contributed by atoms with Gasteiger partial charge in [0, 0.05) is 31.5 Å². The summed E-state index contributed by atoms with van der Waals surface area (Å²) < 4.78 is 0. The van der Waals surface area contributed by atoms with Crippen molar-refractivity contribution in [2.24, 2.45) is 11.8 Å². The molecule has 9 nitrogen and oxygen atoms in total. The third kappa shape index (κ3) is 8.67. The molecule has 1 aliphatic rings. The minimum absolute atomic E-state index is 0.0976. The maximum Gasteiger partial charge on any atom is 0.245 e. The van der Waals surface area contributed by atoms with Crippen LogP contribution in [0.15, 0.2) is 0 Å². The number of hydrogen-bond acceptors (Lipinski definition) is 6. The van der Waals surface area contributed by atoms with Crippen molar-refractivity contribution in [1.82, 2.24) is 21.2 Å². The molecule has 3 amide bonds. The fraction of sp³-hybridized carbons (Fsp3) is 0.850. The van der Waals surface area contributed by atoms with Crippen LogP contribution in [0.3, 0.4) is 0 Å². The van der Waals surface area contributed by atoms with Gasteiger partial charge in [-0.05, 0) is 31.6 Å². The molecule has 0 unspecified atom stereocenters. The molecule has 1 aliphatic heterocycles. The fourth-order valence-electron chi connectivity index (χ4n) is 3.86. The summed E-state index contributed by atoms with van der Waals surface area (Å²) in [6.07, 6.45) is 5.30. The van der Waals surface area contributed by atoms with Crippen LogP contribution in [0.2, 0.25) is 0 Å². The topological polar surface area (TPSA) is 131 Å². The molecule has 0 radical (unpaired) electrons. The molecule has 1 fully saturated rings. The number of carbonyl (C=O) groups excluding carboxylic acids is 3. The largest absolute Gasteiger partial charge is 0.344 e. The van der Waals surface area contributed by atoms with Gasteiger partial charge in [0.1, 0.15) is 6.04 Å². The minimum atomic E-state index is -0.673. The number of rotatable bonds is 13. The second-order valence-electron chi connectivity index (χ2n) is 8.31. The van der Waals surface area contributed by atoms with Gasteiger partial charge in [-0.3, -0.25) is 19.6 Å². The molecular weight excluding hydrogens is 376 g/mol. The van der Waals surface area contributed by atoms with Crippen LogP contribution in [0.5, 0.6) is 0 Å². The molecule has 29 heavy (non-hydrogen) atoms. The Balaban J connectivity index is 2.87. The lowest BCUT2D eigenvalue weighted by Gasteiger charge is -2.30. The number of hydroxylamine groups is 2. The van der Waals surface area contributed by atoms with E-state index in [0.29, 0.717) is 25.9 Å². The molecule has 1 saturated heterocycles. The highest BCUT2D eigenvalue weighted by molar-refractivity contribution is 5.90. The van der Waals surface area contributed by atoms with E-state index in [1.807, 2.05) is 13.8 Å². The lowest BCUT2D eigenvalue weighted by Crippen LogP contribution is -2.53. The van der Waals surface area contributed by atoms with Crippen LogP contribution in [0.1, 0.15) is 72.1 Å². The number of nitrogens with zero attached hydrogens (tertiary/aromatic N) is 1. The summed E-state index contributed by atoms with van der Waals surface area (Å²) in [4.78, 5) is 39.4. The number of likely N-dealkylation sites (tertiary alicyclic amines) is 1. The fourth-order valence-corrected chi connectivity index (χ4v) is 3.86. The molecule has 1 rings (SSSR count). The van der Waals surface area contributed by atoms with Crippen molar-refractivity contribution in [1.29, 1.82) is 0 Å². The number of hydrogen-bond donors (Lipinski definition) is 5. The molecule has 0 aromatic heterocycles. The first-order chi connectivity index (χ1) is 13.8. The first-order valence-corrected chi connectivity index (χ1v) is 10.7. The predicted molar refractivity (Wildman–Crippen MR) is 108 cm³/mol. The molecule has 0 bridgehead atoms. The van der Waals surface area contributed by atoms with Gasteiger partial charge in [0.15, 0.2) is 0 Å². The van der Waals surface area contributed by atoms with Crippen LogP contribution >= 0.6 is 0 Å².